The maximum absolute atomic E-state index is 4.30. The van der Waals surface area contributed by atoms with E-state index in [0.29, 0.717) is 6.04 Å². The molecule has 2 heteroatoms. The lowest BCUT2D eigenvalue weighted by Gasteiger charge is -2.08. The van der Waals surface area contributed by atoms with Crippen molar-refractivity contribution in [1.29, 1.82) is 0 Å². The van der Waals surface area contributed by atoms with Gasteiger partial charge in [0, 0.05) is 37.9 Å². The van der Waals surface area contributed by atoms with Crippen LogP contribution >= 0.6 is 11.3 Å². The molecular weight excluding hydrogens is 298 g/mol. The number of hydrogen-bond acceptors (Lipinski definition) is 1. The molecule has 0 aliphatic carbocycles. The molecule has 1 nitrogen and oxygen atoms in total. The van der Waals surface area contributed by atoms with Crippen molar-refractivity contribution in [1.82, 2.24) is 4.57 Å². The Labute approximate surface area is 139 Å². The molecule has 0 amide bonds. The molecule has 0 saturated carbocycles. The molecule has 0 atom stereocenters. The van der Waals surface area contributed by atoms with E-state index in [1.54, 1.807) is 0 Å². The van der Waals surface area contributed by atoms with Crippen molar-refractivity contribution < 1.29 is 0 Å². The van der Waals surface area contributed by atoms with Crippen LogP contribution in [0.3, 0.4) is 0 Å². The standard InChI is InChI=1S/C21H19NS/c1-14(2)22-13-16(18-9-4-6-10-19(18)22)12-21-15(3)17-8-5-7-11-20(17)23-21/h4-14H,3H2,1-2H3/b21-12-. The lowest BCUT2D eigenvalue weighted by Crippen LogP contribution is -2.16. The molecule has 2 heterocycles. The largest absolute Gasteiger partial charge is 0.344 e. The Morgan fingerprint density at radius 1 is 1.00 bits per heavy atom. The van der Waals surface area contributed by atoms with Gasteiger partial charge in [0.1, 0.15) is 0 Å². The molecule has 0 aliphatic heterocycles. The number of thiophene rings is 1. The van der Waals surface area contributed by atoms with E-state index in [-0.39, 0.29) is 0 Å². The predicted molar refractivity (Wildman–Crippen MR) is 102 cm³/mol. The van der Waals surface area contributed by atoms with E-state index in [1.165, 1.54) is 31.1 Å². The van der Waals surface area contributed by atoms with E-state index < -0.39 is 0 Å². The molecule has 0 saturated heterocycles. The van der Waals surface area contributed by atoms with Gasteiger partial charge in [0.05, 0.1) is 0 Å². The molecule has 2 aromatic carbocycles. The smallest absolute Gasteiger partial charge is 0.0488 e. The van der Waals surface area contributed by atoms with Crippen LogP contribution in [-0.4, -0.2) is 4.57 Å². The zero-order chi connectivity index (χ0) is 16.0. The van der Waals surface area contributed by atoms with Gasteiger partial charge in [-0.05, 0) is 42.7 Å². The third kappa shape index (κ3) is 2.30. The van der Waals surface area contributed by atoms with Crippen molar-refractivity contribution in [3.8, 4) is 0 Å². The summed E-state index contributed by atoms with van der Waals surface area (Å²) < 4.78 is 4.89. The van der Waals surface area contributed by atoms with Gasteiger partial charge in [-0.15, -0.1) is 11.3 Å². The number of rotatable bonds is 2. The zero-order valence-electron chi connectivity index (χ0n) is 13.4. The fraction of sp³-hybridized carbons (Fsp3) is 0.143. The SMILES string of the molecule is C=c1/c(=C/c2cn(C(C)C)c3ccccc23)sc2ccccc12. The summed E-state index contributed by atoms with van der Waals surface area (Å²) in [5.41, 5.74) is 2.56. The molecule has 0 fully saturated rings. The first kappa shape index (κ1) is 14.3. The topological polar surface area (TPSA) is 4.93 Å². The molecule has 0 N–H and O–H groups in total. The number of aromatic nitrogens is 1. The van der Waals surface area contributed by atoms with Gasteiger partial charge >= 0.3 is 0 Å². The molecule has 4 rings (SSSR count). The van der Waals surface area contributed by atoms with E-state index in [9.17, 15) is 0 Å². The highest BCUT2D eigenvalue weighted by Crippen LogP contribution is 2.25. The highest BCUT2D eigenvalue weighted by molar-refractivity contribution is 7.17. The highest BCUT2D eigenvalue weighted by atomic mass is 32.1. The quantitative estimate of drug-likeness (QED) is 0.506. The summed E-state index contributed by atoms with van der Waals surface area (Å²) in [6, 6.07) is 17.6. The molecule has 0 bridgehead atoms. The minimum absolute atomic E-state index is 0.448. The van der Waals surface area contributed by atoms with E-state index in [4.69, 9.17) is 0 Å². The van der Waals surface area contributed by atoms with Gasteiger partial charge in [0.2, 0.25) is 0 Å². The maximum atomic E-state index is 4.30. The molecular formula is C21H19NS. The third-order valence-corrected chi connectivity index (χ3v) is 5.50. The summed E-state index contributed by atoms with van der Waals surface area (Å²) in [5.74, 6) is 0. The predicted octanol–water partition coefficient (Wildman–Crippen LogP) is 4.68. The van der Waals surface area contributed by atoms with Gasteiger partial charge in [-0.25, -0.2) is 0 Å². The minimum atomic E-state index is 0.448. The number of benzene rings is 2. The van der Waals surface area contributed by atoms with Crippen LogP contribution in [-0.2, 0) is 0 Å². The highest BCUT2D eigenvalue weighted by Gasteiger charge is 2.09. The Morgan fingerprint density at radius 3 is 2.43 bits per heavy atom. The van der Waals surface area contributed by atoms with Crippen molar-refractivity contribution in [2.24, 2.45) is 0 Å². The summed E-state index contributed by atoms with van der Waals surface area (Å²) >= 11 is 1.82. The number of para-hydroxylation sites is 1. The first-order valence-electron chi connectivity index (χ1n) is 7.93. The van der Waals surface area contributed by atoms with Crippen LogP contribution in [0.15, 0.2) is 54.7 Å². The van der Waals surface area contributed by atoms with Crippen LogP contribution in [0.4, 0.5) is 0 Å². The Hall–Kier alpha value is -2.32. The number of nitrogens with zero attached hydrogens (tertiary/aromatic N) is 1. The van der Waals surface area contributed by atoms with Crippen molar-refractivity contribution in [2.75, 3.05) is 0 Å². The van der Waals surface area contributed by atoms with Crippen molar-refractivity contribution in [3.63, 3.8) is 0 Å². The van der Waals surface area contributed by atoms with E-state index in [1.807, 2.05) is 11.3 Å². The van der Waals surface area contributed by atoms with E-state index >= 15 is 0 Å². The number of fused-ring (bicyclic) bond motifs is 2. The summed E-state index contributed by atoms with van der Waals surface area (Å²) in [7, 11) is 0. The monoisotopic (exact) mass is 317 g/mol. The Morgan fingerprint density at radius 2 is 1.70 bits per heavy atom. The third-order valence-electron chi connectivity index (χ3n) is 4.34. The second kappa shape index (κ2) is 5.39. The zero-order valence-corrected chi connectivity index (χ0v) is 14.2. The van der Waals surface area contributed by atoms with E-state index in [0.717, 1.165) is 5.22 Å². The van der Waals surface area contributed by atoms with Gasteiger partial charge in [-0.2, -0.15) is 0 Å². The van der Waals surface area contributed by atoms with Crippen LogP contribution < -0.4 is 9.75 Å². The molecule has 0 radical (unpaired) electrons. The first-order valence-corrected chi connectivity index (χ1v) is 8.74. The molecule has 0 aliphatic rings. The first-order chi connectivity index (χ1) is 11.1. The Kier molecular flexibility index (Phi) is 3.35. The summed E-state index contributed by atoms with van der Waals surface area (Å²) in [4.78, 5) is 0. The van der Waals surface area contributed by atoms with Crippen molar-refractivity contribution in [3.05, 3.63) is 70.0 Å². The molecule has 4 aromatic rings. The van der Waals surface area contributed by atoms with Crippen molar-refractivity contribution >= 4 is 45.0 Å². The average molecular weight is 317 g/mol. The second-order valence-electron chi connectivity index (χ2n) is 6.19. The minimum Gasteiger partial charge on any atom is -0.344 e. The van der Waals surface area contributed by atoms with Gasteiger partial charge < -0.3 is 4.57 Å². The Balaban J connectivity index is 2.02. The van der Waals surface area contributed by atoms with Crippen molar-refractivity contribution in [2.45, 2.75) is 19.9 Å². The molecule has 2 aromatic heterocycles. The molecule has 114 valence electrons. The number of hydrogen-bond donors (Lipinski definition) is 0. The van der Waals surface area contributed by atoms with Crippen LogP contribution in [0.1, 0.15) is 25.5 Å². The molecule has 0 unspecified atom stereocenters. The summed E-state index contributed by atoms with van der Waals surface area (Å²) in [5, 5.41) is 3.70. The van der Waals surface area contributed by atoms with Crippen LogP contribution in [0.25, 0.3) is 33.6 Å². The van der Waals surface area contributed by atoms with Gasteiger partial charge in [0.15, 0.2) is 0 Å². The van der Waals surface area contributed by atoms with Gasteiger partial charge in [-0.1, -0.05) is 43.0 Å². The lowest BCUT2D eigenvalue weighted by molar-refractivity contribution is 0.622. The summed E-state index contributed by atoms with van der Waals surface area (Å²) in [6.45, 7) is 8.75. The van der Waals surface area contributed by atoms with E-state index in [2.05, 4.69) is 85.8 Å². The van der Waals surface area contributed by atoms with Crippen LogP contribution in [0.2, 0.25) is 0 Å². The lowest BCUT2D eigenvalue weighted by atomic mass is 10.1. The van der Waals surface area contributed by atoms with Gasteiger partial charge in [0.25, 0.3) is 0 Å². The average Bonchev–Trinajstić information content (AvgIpc) is 3.08. The maximum Gasteiger partial charge on any atom is 0.0488 e. The molecule has 23 heavy (non-hydrogen) atoms. The van der Waals surface area contributed by atoms with Crippen LogP contribution in [0.5, 0.6) is 0 Å². The van der Waals surface area contributed by atoms with Crippen LogP contribution in [0, 0.1) is 0 Å². The Bertz CT molecular complexity index is 1110. The molecule has 0 spiro atoms. The fourth-order valence-corrected chi connectivity index (χ4v) is 4.25. The fourth-order valence-electron chi connectivity index (χ4n) is 3.15. The summed E-state index contributed by atoms with van der Waals surface area (Å²) in [6.07, 6.45) is 4.55. The normalized spacial score (nSPS) is 12.7. The second-order valence-corrected chi connectivity index (χ2v) is 7.27. The van der Waals surface area contributed by atoms with Gasteiger partial charge in [-0.3, -0.25) is 0 Å².